The minimum atomic E-state index is -0.852. The SMILES string of the molecule is COC(=O)[C@@H](NC(=O)c1ccccn1)C1c2ccccc2-c2ccccc21. The normalized spacial score (nSPS) is 13.4. The lowest BCUT2D eigenvalue weighted by molar-refractivity contribution is -0.143. The highest BCUT2D eigenvalue weighted by Gasteiger charge is 2.39. The summed E-state index contributed by atoms with van der Waals surface area (Å²) in [7, 11) is 1.33. The summed E-state index contributed by atoms with van der Waals surface area (Å²) >= 11 is 0. The van der Waals surface area contributed by atoms with E-state index in [4.69, 9.17) is 4.74 Å². The minimum absolute atomic E-state index is 0.256. The number of nitrogens with zero attached hydrogens (tertiary/aromatic N) is 1. The zero-order valence-corrected chi connectivity index (χ0v) is 14.8. The van der Waals surface area contributed by atoms with Crippen LogP contribution >= 0.6 is 0 Å². The fourth-order valence-electron chi connectivity index (χ4n) is 3.67. The summed E-state index contributed by atoms with van der Waals surface area (Å²) < 4.78 is 5.02. The molecular weight excluding hydrogens is 340 g/mol. The Bertz CT molecular complexity index is 956. The third kappa shape index (κ3) is 2.97. The Hall–Kier alpha value is -3.47. The Labute approximate surface area is 157 Å². The number of fused-ring (bicyclic) bond motifs is 3. The second-order valence-electron chi connectivity index (χ2n) is 6.34. The molecule has 4 rings (SSSR count). The monoisotopic (exact) mass is 358 g/mol. The smallest absolute Gasteiger partial charge is 0.329 e. The molecule has 0 radical (unpaired) electrons. The zero-order chi connectivity index (χ0) is 18.8. The summed E-state index contributed by atoms with van der Waals surface area (Å²) in [5.41, 5.74) is 4.38. The molecule has 134 valence electrons. The topological polar surface area (TPSA) is 68.3 Å². The molecule has 27 heavy (non-hydrogen) atoms. The second kappa shape index (κ2) is 7.03. The molecule has 1 amide bonds. The first-order valence-electron chi connectivity index (χ1n) is 8.68. The number of carbonyl (C=O) groups is 2. The lowest BCUT2D eigenvalue weighted by atomic mass is 9.89. The van der Waals surface area contributed by atoms with Crippen molar-refractivity contribution in [1.82, 2.24) is 10.3 Å². The van der Waals surface area contributed by atoms with Gasteiger partial charge in [0.25, 0.3) is 5.91 Å². The molecule has 1 N–H and O–H groups in total. The number of carbonyl (C=O) groups excluding carboxylic acids is 2. The maximum atomic E-state index is 12.7. The number of hydrogen-bond donors (Lipinski definition) is 1. The van der Waals surface area contributed by atoms with E-state index < -0.39 is 17.9 Å². The van der Waals surface area contributed by atoms with Gasteiger partial charge in [-0.3, -0.25) is 9.78 Å². The highest BCUT2D eigenvalue weighted by molar-refractivity contribution is 5.96. The van der Waals surface area contributed by atoms with Crippen molar-refractivity contribution in [1.29, 1.82) is 0 Å². The van der Waals surface area contributed by atoms with Crippen molar-refractivity contribution in [3.8, 4) is 11.1 Å². The van der Waals surface area contributed by atoms with Crippen LogP contribution in [0.1, 0.15) is 27.5 Å². The molecule has 1 aliphatic rings. The van der Waals surface area contributed by atoms with Crippen LogP contribution in [0.4, 0.5) is 0 Å². The van der Waals surface area contributed by atoms with Gasteiger partial charge in [-0.15, -0.1) is 0 Å². The van der Waals surface area contributed by atoms with Gasteiger partial charge in [-0.05, 0) is 34.4 Å². The third-order valence-electron chi connectivity index (χ3n) is 4.85. The highest BCUT2D eigenvalue weighted by atomic mass is 16.5. The van der Waals surface area contributed by atoms with Gasteiger partial charge in [0, 0.05) is 12.1 Å². The number of benzene rings is 2. The van der Waals surface area contributed by atoms with Crippen molar-refractivity contribution in [2.75, 3.05) is 7.11 Å². The van der Waals surface area contributed by atoms with Gasteiger partial charge in [-0.2, -0.15) is 0 Å². The summed E-state index contributed by atoms with van der Waals surface area (Å²) in [5, 5.41) is 2.83. The average Bonchev–Trinajstić information content (AvgIpc) is 3.06. The standard InChI is InChI=1S/C22H18N2O3/c1-27-22(26)20(24-21(25)18-12-6-7-13-23-18)19-16-10-4-2-8-14(16)15-9-3-5-11-17(15)19/h2-13,19-20H,1H3,(H,24,25)/t20-/m0/s1. The summed E-state index contributed by atoms with van der Waals surface area (Å²) in [5.74, 6) is -1.22. The van der Waals surface area contributed by atoms with Crippen LogP contribution in [0.3, 0.4) is 0 Å². The molecule has 0 fully saturated rings. The molecule has 2 aromatic carbocycles. The molecule has 1 aromatic heterocycles. The van der Waals surface area contributed by atoms with E-state index in [-0.39, 0.29) is 11.6 Å². The first-order chi connectivity index (χ1) is 13.2. The van der Waals surface area contributed by atoms with Gasteiger partial charge in [0.15, 0.2) is 0 Å². The van der Waals surface area contributed by atoms with Crippen LogP contribution in [-0.4, -0.2) is 30.0 Å². The van der Waals surface area contributed by atoms with Gasteiger partial charge in [-0.1, -0.05) is 54.6 Å². The summed E-state index contributed by atoms with van der Waals surface area (Å²) in [6.45, 7) is 0. The molecule has 0 spiro atoms. The molecule has 3 aromatic rings. The lowest BCUT2D eigenvalue weighted by Gasteiger charge is -2.24. The van der Waals surface area contributed by atoms with Gasteiger partial charge in [-0.25, -0.2) is 4.79 Å². The van der Waals surface area contributed by atoms with Gasteiger partial charge in [0.1, 0.15) is 11.7 Å². The van der Waals surface area contributed by atoms with Crippen LogP contribution in [0.5, 0.6) is 0 Å². The molecule has 0 saturated carbocycles. The Morgan fingerprint density at radius 2 is 1.52 bits per heavy atom. The van der Waals surface area contributed by atoms with E-state index in [1.165, 1.54) is 7.11 Å². The Kier molecular flexibility index (Phi) is 4.42. The number of pyridine rings is 1. The molecule has 1 heterocycles. The molecule has 1 aliphatic carbocycles. The maximum absolute atomic E-state index is 12.7. The predicted octanol–water partition coefficient (Wildman–Crippen LogP) is 3.17. The van der Waals surface area contributed by atoms with Gasteiger partial charge >= 0.3 is 5.97 Å². The van der Waals surface area contributed by atoms with E-state index in [1.54, 1.807) is 24.4 Å². The molecule has 0 saturated heterocycles. The summed E-state index contributed by atoms with van der Waals surface area (Å²) in [6.07, 6.45) is 1.54. The second-order valence-corrected chi connectivity index (χ2v) is 6.34. The molecule has 5 nitrogen and oxygen atoms in total. The van der Waals surface area contributed by atoms with E-state index in [2.05, 4.69) is 10.3 Å². The first kappa shape index (κ1) is 17.0. The van der Waals surface area contributed by atoms with Crippen LogP contribution in [0, 0.1) is 0 Å². The van der Waals surface area contributed by atoms with Gasteiger partial charge in [0.2, 0.25) is 0 Å². The largest absolute Gasteiger partial charge is 0.467 e. The summed E-state index contributed by atoms with van der Waals surface area (Å²) in [6, 6.07) is 20.1. The van der Waals surface area contributed by atoms with Crippen LogP contribution < -0.4 is 5.32 Å². The Balaban J connectivity index is 1.77. The van der Waals surface area contributed by atoms with Gasteiger partial charge in [0.05, 0.1) is 7.11 Å². The number of hydrogen-bond acceptors (Lipinski definition) is 4. The van der Waals surface area contributed by atoms with E-state index in [0.29, 0.717) is 0 Å². The van der Waals surface area contributed by atoms with Crippen LogP contribution in [-0.2, 0) is 9.53 Å². The first-order valence-corrected chi connectivity index (χ1v) is 8.68. The van der Waals surface area contributed by atoms with E-state index >= 15 is 0 Å². The molecule has 0 aliphatic heterocycles. The van der Waals surface area contributed by atoms with E-state index in [1.807, 2.05) is 48.5 Å². The molecule has 0 bridgehead atoms. The van der Waals surface area contributed by atoms with Gasteiger partial charge < -0.3 is 10.1 Å². The lowest BCUT2D eigenvalue weighted by Crippen LogP contribution is -2.45. The Morgan fingerprint density at radius 1 is 0.926 bits per heavy atom. The van der Waals surface area contributed by atoms with Crippen molar-refractivity contribution in [2.24, 2.45) is 0 Å². The summed E-state index contributed by atoms with van der Waals surface area (Å²) in [4.78, 5) is 29.4. The maximum Gasteiger partial charge on any atom is 0.329 e. The number of aromatic nitrogens is 1. The minimum Gasteiger partial charge on any atom is -0.467 e. The zero-order valence-electron chi connectivity index (χ0n) is 14.8. The molecule has 1 atom stereocenters. The number of nitrogens with one attached hydrogen (secondary N) is 1. The quantitative estimate of drug-likeness (QED) is 0.728. The third-order valence-corrected chi connectivity index (χ3v) is 4.85. The van der Waals surface area contributed by atoms with Crippen LogP contribution in [0.15, 0.2) is 72.9 Å². The fraction of sp³-hybridized carbons (Fsp3) is 0.136. The number of ether oxygens (including phenoxy) is 1. The average molecular weight is 358 g/mol. The van der Waals surface area contributed by atoms with Crippen molar-refractivity contribution in [3.05, 3.63) is 89.7 Å². The molecule has 0 unspecified atom stereocenters. The van der Waals surface area contributed by atoms with Crippen molar-refractivity contribution in [2.45, 2.75) is 12.0 Å². The van der Waals surface area contributed by atoms with Crippen molar-refractivity contribution in [3.63, 3.8) is 0 Å². The number of rotatable bonds is 4. The number of amides is 1. The van der Waals surface area contributed by atoms with Crippen LogP contribution in [0.2, 0.25) is 0 Å². The van der Waals surface area contributed by atoms with E-state index in [9.17, 15) is 9.59 Å². The fourth-order valence-corrected chi connectivity index (χ4v) is 3.67. The molecular formula is C22H18N2O3. The number of methoxy groups -OCH3 is 1. The predicted molar refractivity (Wildman–Crippen MR) is 101 cm³/mol. The van der Waals surface area contributed by atoms with Crippen molar-refractivity contribution >= 4 is 11.9 Å². The van der Waals surface area contributed by atoms with Crippen LogP contribution in [0.25, 0.3) is 11.1 Å². The highest BCUT2D eigenvalue weighted by Crippen LogP contribution is 2.46. The van der Waals surface area contributed by atoms with E-state index in [0.717, 1.165) is 22.3 Å². The van der Waals surface area contributed by atoms with Crippen molar-refractivity contribution < 1.29 is 14.3 Å². The Morgan fingerprint density at radius 3 is 2.07 bits per heavy atom. The molecule has 5 heteroatoms. The number of esters is 1.